The second-order valence-corrected chi connectivity index (χ2v) is 2.23. The van der Waals surface area contributed by atoms with Crippen molar-refractivity contribution in [1.82, 2.24) is 0 Å². The Kier molecular flexibility index (Phi) is 13.9. The number of unbranched alkanes of at least 4 members (excludes halogenated alkanes) is 2. The van der Waals surface area contributed by atoms with Crippen LogP contribution in [0.1, 0.15) is 40.0 Å². The minimum absolute atomic E-state index is 0.833. The second kappa shape index (κ2) is 11.9. The molecule has 66 valence electrons. The predicted molar refractivity (Wildman–Crippen MR) is 47.6 cm³/mol. The quantitative estimate of drug-likeness (QED) is 0.506. The number of carbonyl (C=O) groups is 1. The second-order valence-electron chi connectivity index (χ2n) is 2.23. The molecule has 11 heavy (non-hydrogen) atoms. The van der Waals surface area contributed by atoms with Crippen molar-refractivity contribution in [3.8, 4) is 0 Å². The van der Waals surface area contributed by atoms with Gasteiger partial charge in [-0.05, 0) is 13.3 Å². The number of rotatable bonds is 3. The van der Waals surface area contributed by atoms with Crippen molar-refractivity contribution in [1.29, 1.82) is 0 Å². The molecule has 0 saturated carbocycles. The fourth-order valence-electron chi connectivity index (χ4n) is 0.489. The molecular weight excluding hydrogens is 140 g/mol. The first kappa shape index (κ1) is 12.8. The summed E-state index contributed by atoms with van der Waals surface area (Å²) in [7, 11) is 0. The van der Waals surface area contributed by atoms with Crippen LogP contribution in [-0.4, -0.2) is 11.1 Å². The van der Waals surface area contributed by atoms with E-state index in [0.29, 0.717) is 0 Å². The normalized spacial score (nSPS) is 9.00. The standard InChI is InChI=1S/C7H14.C2H4O2/c1-3-5-7-6-4-2;1-2(3)4/h3,5H,4,6-7H2,1-2H3;1H3,(H,3,4). The summed E-state index contributed by atoms with van der Waals surface area (Å²) in [4.78, 5) is 9.00. The van der Waals surface area contributed by atoms with Crippen molar-refractivity contribution in [3.05, 3.63) is 12.2 Å². The molecule has 0 radical (unpaired) electrons. The minimum Gasteiger partial charge on any atom is -0.481 e. The van der Waals surface area contributed by atoms with E-state index in [1.165, 1.54) is 19.3 Å². The number of hydrogen-bond acceptors (Lipinski definition) is 1. The molecule has 0 rings (SSSR count). The molecule has 0 aliphatic heterocycles. The molecular formula is C9H18O2. The summed E-state index contributed by atoms with van der Waals surface area (Å²) in [5.41, 5.74) is 0. The summed E-state index contributed by atoms with van der Waals surface area (Å²) >= 11 is 0. The van der Waals surface area contributed by atoms with Gasteiger partial charge in [0.15, 0.2) is 0 Å². The van der Waals surface area contributed by atoms with Gasteiger partial charge in [0.05, 0.1) is 0 Å². The minimum atomic E-state index is -0.833. The third-order valence-electron chi connectivity index (χ3n) is 0.960. The van der Waals surface area contributed by atoms with Gasteiger partial charge in [0.2, 0.25) is 0 Å². The van der Waals surface area contributed by atoms with Crippen molar-refractivity contribution >= 4 is 5.97 Å². The summed E-state index contributed by atoms with van der Waals surface area (Å²) in [6, 6.07) is 0. The van der Waals surface area contributed by atoms with Gasteiger partial charge in [0.25, 0.3) is 5.97 Å². The lowest BCUT2D eigenvalue weighted by atomic mass is 10.2. The smallest absolute Gasteiger partial charge is 0.300 e. The van der Waals surface area contributed by atoms with Gasteiger partial charge in [0, 0.05) is 6.92 Å². The lowest BCUT2D eigenvalue weighted by molar-refractivity contribution is -0.134. The Morgan fingerprint density at radius 3 is 2.27 bits per heavy atom. The first-order chi connectivity index (χ1) is 5.15. The molecule has 0 saturated heterocycles. The molecule has 0 bridgehead atoms. The average molecular weight is 158 g/mol. The highest BCUT2D eigenvalue weighted by molar-refractivity contribution is 5.62. The van der Waals surface area contributed by atoms with E-state index in [4.69, 9.17) is 9.90 Å². The molecule has 0 fully saturated rings. The Balaban J connectivity index is 0. The van der Waals surface area contributed by atoms with Crippen LogP contribution < -0.4 is 0 Å². The van der Waals surface area contributed by atoms with Crippen LogP contribution >= 0.6 is 0 Å². The molecule has 0 aromatic heterocycles. The lowest BCUT2D eigenvalue weighted by Crippen LogP contribution is -1.78. The third-order valence-corrected chi connectivity index (χ3v) is 0.960. The summed E-state index contributed by atoms with van der Waals surface area (Å²) in [5.74, 6) is -0.833. The molecule has 0 amide bonds. The van der Waals surface area contributed by atoms with Gasteiger partial charge in [-0.1, -0.05) is 31.9 Å². The Morgan fingerprint density at radius 2 is 2.00 bits per heavy atom. The Hall–Kier alpha value is -0.790. The molecule has 0 heterocycles. The third kappa shape index (κ3) is 46.5. The van der Waals surface area contributed by atoms with Crippen LogP contribution in [0.2, 0.25) is 0 Å². The van der Waals surface area contributed by atoms with Crippen molar-refractivity contribution in [2.24, 2.45) is 0 Å². The summed E-state index contributed by atoms with van der Waals surface area (Å²) in [5, 5.41) is 7.42. The van der Waals surface area contributed by atoms with Gasteiger partial charge in [0.1, 0.15) is 0 Å². The molecule has 2 heteroatoms. The topological polar surface area (TPSA) is 37.3 Å². The van der Waals surface area contributed by atoms with Crippen LogP contribution in [0.4, 0.5) is 0 Å². The van der Waals surface area contributed by atoms with E-state index in [0.717, 1.165) is 6.92 Å². The maximum absolute atomic E-state index is 9.00. The molecule has 0 aromatic rings. The van der Waals surface area contributed by atoms with E-state index in [1.54, 1.807) is 0 Å². The predicted octanol–water partition coefficient (Wildman–Crippen LogP) is 2.84. The van der Waals surface area contributed by atoms with Crippen molar-refractivity contribution in [2.45, 2.75) is 40.0 Å². The molecule has 0 atom stereocenters. The zero-order valence-corrected chi connectivity index (χ0v) is 7.63. The van der Waals surface area contributed by atoms with E-state index in [-0.39, 0.29) is 0 Å². The fraction of sp³-hybridized carbons (Fsp3) is 0.667. The van der Waals surface area contributed by atoms with E-state index in [2.05, 4.69) is 26.0 Å². The summed E-state index contributed by atoms with van der Waals surface area (Å²) in [6.45, 7) is 5.36. The molecule has 0 aromatic carbocycles. The highest BCUT2D eigenvalue weighted by atomic mass is 16.4. The number of carboxylic acids is 1. The van der Waals surface area contributed by atoms with Gasteiger partial charge >= 0.3 is 0 Å². The first-order valence-electron chi connectivity index (χ1n) is 3.95. The highest BCUT2D eigenvalue weighted by Gasteiger charge is 1.73. The Bertz CT molecular complexity index is 102. The first-order valence-corrected chi connectivity index (χ1v) is 3.95. The van der Waals surface area contributed by atoms with E-state index < -0.39 is 5.97 Å². The zero-order valence-electron chi connectivity index (χ0n) is 7.63. The Morgan fingerprint density at radius 1 is 1.55 bits per heavy atom. The summed E-state index contributed by atoms with van der Waals surface area (Å²) < 4.78 is 0. The number of allylic oxidation sites excluding steroid dienone is 2. The average Bonchev–Trinajstić information content (AvgIpc) is 1.88. The van der Waals surface area contributed by atoms with Gasteiger partial charge in [-0.3, -0.25) is 4.79 Å². The molecule has 0 spiro atoms. The Labute approximate surface area is 68.9 Å². The van der Waals surface area contributed by atoms with Crippen LogP contribution in [-0.2, 0) is 4.79 Å². The largest absolute Gasteiger partial charge is 0.481 e. The maximum Gasteiger partial charge on any atom is 0.300 e. The van der Waals surface area contributed by atoms with E-state index in [9.17, 15) is 0 Å². The fourth-order valence-corrected chi connectivity index (χ4v) is 0.489. The number of aliphatic carboxylic acids is 1. The van der Waals surface area contributed by atoms with Crippen molar-refractivity contribution in [3.63, 3.8) is 0 Å². The summed E-state index contributed by atoms with van der Waals surface area (Å²) in [6.07, 6.45) is 8.22. The number of carboxylic acid groups (broad SMARTS) is 1. The monoisotopic (exact) mass is 158 g/mol. The molecule has 1 N–H and O–H groups in total. The SMILES string of the molecule is CC(=O)O.CC=CCCCC. The van der Waals surface area contributed by atoms with Crippen LogP contribution in [0, 0.1) is 0 Å². The maximum atomic E-state index is 9.00. The van der Waals surface area contributed by atoms with Crippen molar-refractivity contribution < 1.29 is 9.90 Å². The van der Waals surface area contributed by atoms with Gasteiger partial charge in [-0.15, -0.1) is 0 Å². The number of hydrogen-bond donors (Lipinski definition) is 1. The van der Waals surface area contributed by atoms with E-state index >= 15 is 0 Å². The van der Waals surface area contributed by atoms with Gasteiger partial charge in [-0.25, -0.2) is 0 Å². The molecule has 0 aliphatic rings. The van der Waals surface area contributed by atoms with Crippen LogP contribution in [0.15, 0.2) is 12.2 Å². The van der Waals surface area contributed by atoms with Crippen LogP contribution in [0.25, 0.3) is 0 Å². The van der Waals surface area contributed by atoms with Gasteiger partial charge < -0.3 is 5.11 Å². The zero-order chi connectivity index (χ0) is 9.11. The molecule has 0 aliphatic carbocycles. The van der Waals surface area contributed by atoms with Crippen LogP contribution in [0.3, 0.4) is 0 Å². The van der Waals surface area contributed by atoms with Crippen molar-refractivity contribution in [2.75, 3.05) is 0 Å². The lowest BCUT2D eigenvalue weighted by Gasteiger charge is -1.83. The van der Waals surface area contributed by atoms with Gasteiger partial charge in [-0.2, -0.15) is 0 Å². The highest BCUT2D eigenvalue weighted by Crippen LogP contribution is 1.93. The van der Waals surface area contributed by atoms with Crippen LogP contribution in [0.5, 0.6) is 0 Å². The molecule has 2 nitrogen and oxygen atoms in total. The van der Waals surface area contributed by atoms with E-state index in [1.807, 2.05) is 0 Å². The molecule has 0 unspecified atom stereocenters.